The Kier molecular flexibility index (Phi) is 7.75. The van der Waals surface area contributed by atoms with E-state index in [1.165, 1.54) is 12.2 Å². The van der Waals surface area contributed by atoms with Crippen LogP contribution in [0.25, 0.3) is 0 Å². The van der Waals surface area contributed by atoms with E-state index in [0.717, 1.165) is 51.4 Å². The van der Waals surface area contributed by atoms with Crippen molar-refractivity contribution in [3.05, 3.63) is 12.2 Å². The van der Waals surface area contributed by atoms with Gasteiger partial charge in [0.05, 0.1) is 0 Å². The lowest BCUT2D eigenvalue weighted by Crippen LogP contribution is -2.30. The van der Waals surface area contributed by atoms with E-state index < -0.39 is 11.9 Å². The van der Waals surface area contributed by atoms with E-state index in [-0.39, 0.29) is 12.2 Å². The molecule has 28 heavy (non-hydrogen) atoms. The van der Waals surface area contributed by atoms with Gasteiger partial charge in [-0.15, -0.1) is 0 Å². The van der Waals surface area contributed by atoms with Crippen LogP contribution in [0.15, 0.2) is 12.2 Å². The van der Waals surface area contributed by atoms with E-state index in [4.69, 9.17) is 9.47 Å². The first-order chi connectivity index (χ1) is 12.9. The molecule has 2 rings (SSSR count). The fourth-order valence-corrected chi connectivity index (χ4v) is 4.64. The van der Waals surface area contributed by atoms with Gasteiger partial charge in [-0.25, -0.2) is 9.59 Å². The smallest absolute Gasteiger partial charge is 0.331 e. The highest BCUT2D eigenvalue weighted by molar-refractivity contribution is 5.91. The molecule has 0 heterocycles. The lowest BCUT2D eigenvalue weighted by Gasteiger charge is -2.36. The molecule has 0 aromatic heterocycles. The molecule has 0 aromatic rings. The fourth-order valence-electron chi connectivity index (χ4n) is 4.64. The van der Waals surface area contributed by atoms with Crippen molar-refractivity contribution in [1.82, 2.24) is 0 Å². The third-order valence-corrected chi connectivity index (χ3v) is 6.72. The summed E-state index contributed by atoms with van der Waals surface area (Å²) in [5, 5.41) is 0. The van der Waals surface area contributed by atoms with Gasteiger partial charge in [0, 0.05) is 12.2 Å². The first kappa shape index (κ1) is 23.0. The topological polar surface area (TPSA) is 52.6 Å². The maximum atomic E-state index is 12.0. The molecule has 2 saturated carbocycles. The van der Waals surface area contributed by atoms with Crippen molar-refractivity contribution in [2.24, 2.45) is 22.7 Å². The Balaban J connectivity index is 1.68. The van der Waals surface area contributed by atoms with E-state index in [2.05, 4.69) is 41.5 Å². The first-order valence-electron chi connectivity index (χ1n) is 11.0. The van der Waals surface area contributed by atoms with Crippen LogP contribution in [0.5, 0.6) is 0 Å². The van der Waals surface area contributed by atoms with Crippen LogP contribution in [0.2, 0.25) is 0 Å². The van der Waals surface area contributed by atoms with Crippen molar-refractivity contribution in [2.75, 3.05) is 0 Å². The van der Waals surface area contributed by atoms with Crippen LogP contribution in [-0.4, -0.2) is 24.1 Å². The Labute approximate surface area is 171 Å². The Morgan fingerprint density at radius 3 is 1.14 bits per heavy atom. The second kappa shape index (κ2) is 9.45. The molecule has 4 nitrogen and oxygen atoms in total. The molecule has 2 aliphatic rings. The van der Waals surface area contributed by atoms with Gasteiger partial charge in [-0.3, -0.25) is 0 Å². The summed E-state index contributed by atoms with van der Waals surface area (Å²) in [5.41, 5.74) is 0.620. The van der Waals surface area contributed by atoms with Gasteiger partial charge in [0.15, 0.2) is 0 Å². The quantitative estimate of drug-likeness (QED) is 0.445. The second-order valence-corrected chi connectivity index (χ2v) is 10.9. The average molecular weight is 393 g/mol. The van der Waals surface area contributed by atoms with E-state index >= 15 is 0 Å². The third-order valence-electron chi connectivity index (χ3n) is 6.72. The molecule has 4 heteroatoms. The van der Waals surface area contributed by atoms with Gasteiger partial charge in [-0.1, -0.05) is 41.5 Å². The van der Waals surface area contributed by atoms with Crippen LogP contribution >= 0.6 is 0 Å². The maximum Gasteiger partial charge on any atom is 0.331 e. The van der Waals surface area contributed by atoms with Gasteiger partial charge in [0.2, 0.25) is 0 Å². The minimum Gasteiger partial charge on any atom is -0.459 e. The largest absolute Gasteiger partial charge is 0.459 e. The number of hydrogen-bond donors (Lipinski definition) is 0. The predicted molar refractivity (Wildman–Crippen MR) is 112 cm³/mol. The number of hydrogen-bond acceptors (Lipinski definition) is 4. The normalized spacial score (nSPS) is 29.5. The Morgan fingerprint density at radius 2 is 0.893 bits per heavy atom. The highest BCUT2D eigenvalue weighted by Gasteiger charge is 2.32. The van der Waals surface area contributed by atoms with Gasteiger partial charge in [0.25, 0.3) is 0 Å². The highest BCUT2D eigenvalue weighted by Crippen LogP contribution is 2.39. The summed E-state index contributed by atoms with van der Waals surface area (Å²) >= 11 is 0. The molecule has 0 aliphatic heterocycles. The van der Waals surface area contributed by atoms with Gasteiger partial charge in [-0.2, -0.15) is 0 Å². The minimum atomic E-state index is -0.437. The van der Waals surface area contributed by atoms with E-state index in [0.29, 0.717) is 22.7 Å². The molecule has 0 amide bonds. The molecule has 0 spiro atoms. The lowest BCUT2D eigenvalue weighted by molar-refractivity contribution is -0.148. The average Bonchev–Trinajstić information content (AvgIpc) is 2.59. The summed E-state index contributed by atoms with van der Waals surface area (Å²) < 4.78 is 11.0. The minimum absolute atomic E-state index is 0.0283. The van der Waals surface area contributed by atoms with Crippen LogP contribution in [0.4, 0.5) is 0 Å². The van der Waals surface area contributed by atoms with Crippen LogP contribution in [0, 0.1) is 22.7 Å². The number of ether oxygens (including phenoxy) is 2. The zero-order chi connectivity index (χ0) is 20.9. The molecule has 0 atom stereocenters. The van der Waals surface area contributed by atoms with Crippen LogP contribution in [0.1, 0.15) is 92.9 Å². The monoisotopic (exact) mass is 392 g/mol. The standard InChI is InChI=1S/C24H40O4/c1-23(2,3)17-7-11-19(12-8-17)27-21(25)15-16-22(26)28-20-13-9-18(10-14-20)24(4,5)6/h15-20H,7-14H2,1-6H3. The fraction of sp³-hybridized carbons (Fsp3) is 0.833. The SMILES string of the molecule is CC(C)(C)C1CCC(OC(=O)C=CC(=O)OC2CCC(C(C)(C)C)CC2)CC1. The summed E-state index contributed by atoms with van der Waals surface area (Å²) in [6.07, 6.45) is 10.4. The van der Waals surface area contributed by atoms with E-state index in [1.54, 1.807) is 0 Å². The molecule has 0 N–H and O–H groups in total. The number of carbonyl (C=O) groups is 2. The van der Waals surface area contributed by atoms with Crippen molar-refractivity contribution in [3.63, 3.8) is 0 Å². The van der Waals surface area contributed by atoms with Gasteiger partial charge >= 0.3 is 11.9 Å². The van der Waals surface area contributed by atoms with Crippen molar-refractivity contribution >= 4 is 11.9 Å². The van der Waals surface area contributed by atoms with Crippen molar-refractivity contribution < 1.29 is 19.1 Å². The van der Waals surface area contributed by atoms with Crippen molar-refractivity contribution in [2.45, 2.75) is 105 Å². The molecule has 0 bridgehead atoms. The van der Waals surface area contributed by atoms with Gasteiger partial charge in [0.1, 0.15) is 12.2 Å². The summed E-state index contributed by atoms with van der Waals surface area (Å²) in [5.74, 6) is 0.489. The molecule has 0 radical (unpaired) electrons. The van der Waals surface area contributed by atoms with Crippen molar-refractivity contribution in [3.8, 4) is 0 Å². The molecule has 2 fully saturated rings. The number of rotatable bonds is 4. The van der Waals surface area contributed by atoms with Gasteiger partial charge < -0.3 is 9.47 Å². The molecule has 0 saturated heterocycles. The number of carbonyl (C=O) groups excluding carboxylic acids is 2. The molecule has 2 aliphatic carbocycles. The third kappa shape index (κ3) is 7.25. The summed E-state index contributed by atoms with van der Waals surface area (Å²) in [6.45, 7) is 13.6. The Morgan fingerprint density at radius 1 is 0.607 bits per heavy atom. The van der Waals surface area contributed by atoms with E-state index in [9.17, 15) is 9.59 Å². The first-order valence-corrected chi connectivity index (χ1v) is 11.0. The van der Waals surface area contributed by atoms with E-state index in [1.807, 2.05) is 0 Å². The van der Waals surface area contributed by atoms with Crippen LogP contribution < -0.4 is 0 Å². The molecular formula is C24H40O4. The highest BCUT2D eigenvalue weighted by atomic mass is 16.5. The molecular weight excluding hydrogens is 352 g/mol. The predicted octanol–water partition coefficient (Wildman–Crippen LogP) is 5.84. The van der Waals surface area contributed by atoms with Crippen LogP contribution in [-0.2, 0) is 19.1 Å². The summed E-state index contributed by atoms with van der Waals surface area (Å²) in [6, 6.07) is 0. The molecule has 0 aromatic carbocycles. The second-order valence-electron chi connectivity index (χ2n) is 10.9. The molecule has 0 unspecified atom stereocenters. The summed E-state index contributed by atoms with van der Waals surface area (Å²) in [7, 11) is 0. The lowest BCUT2D eigenvalue weighted by atomic mass is 9.72. The Hall–Kier alpha value is -1.32. The number of esters is 2. The summed E-state index contributed by atoms with van der Waals surface area (Å²) in [4.78, 5) is 24.0. The zero-order valence-corrected chi connectivity index (χ0v) is 18.8. The van der Waals surface area contributed by atoms with Gasteiger partial charge in [-0.05, 0) is 74.0 Å². The Bertz CT molecular complexity index is 498. The zero-order valence-electron chi connectivity index (χ0n) is 18.8. The van der Waals surface area contributed by atoms with Crippen molar-refractivity contribution in [1.29, 1.82) is 0 Å². The maximum absolute atomic E-state index is 12.0. The van der Waals surface area contributed by atoms with Crippen LogP contribution in [0.3, 0.4) is 0 Å². The molecule has 160 valence electrons.